The van der Waals surface area contributed by atoms with Gasteiger partial charge >= 0.3 is 0 Å². The molecule has 0 saturated heterocycles. The van der Waals surface area contributed by atoms with Crippen molar-refractivity contribution >= 4 is 17.4 Å². The predicted molar refractivity (Wildman–Crippen MR) is 63.8 cm³/mol. The highest BCUT2D eigenvalue weighted by molar-refractivity contribution is 6.33. The maximum atomic E-state index is 13.2. The highest BCUT2D eigenvalue weighted by Gasteiger charge is 2.08. The topological polar surface area (TPSA) is 38.9 Å². The van der Waals surface area contributed by atoms with Crippen molar-refractivity contribution in [1.29, 1.82) is 0 Å². The van der Waals surface area contributed by atoms with Crippen molar-refractivity contribution in [2.24, 2.45) is 0 Å². The van der Waals surface area contributed by atoms with Crippen LogP contribution in [0.1, 0.15) is 5.56 Å². The van der Waals surface area contributed by atoms with Gasteiger partial charge in [-0.15, -0.1) is 0 Å². The van der Waals surface area contributed by atoms with Crippen molar-refractivity contribution in [2.45, 2.75) is 6.92 Å². The molecular formula is C12H10ClFN2. The molecule has 82 valence electrons. The van der Waals surface area contributed by atoms with Gasteiger partial charge in [-0.3, -0.25) is 0 Å². The van der Waals surface area contributed by atoms with Gasteiger partial charge in [0.25, 0.3) is 0 Å². The Bertz CT molecular complexity index is 541. The summed E-state index contributed by atoms with van der Waals surface area (Å²) < 4.78 is 13.2. The first kappa shape index (κ1) is 10.9. The number of hydrogen-bond acceptors (Lipinski definition) is 2. The zero-order chi connectivity index (χ0) is 11.7. The van der Waals surface area contributed by atoms with E-state index in [0.29, 0.717) is 27.7 Å². The molecule has 1 aromatic carbocycles. The molecule has 0 atom stereocenters. The first-order valence-corrected chi connectivity index (χ1v) is 5.14. The van der Waals surface area contributed by atoms with Crippen LogP contribution in [0.25, 0.3) is 11.3 Å². The van der Waals surface area contributed by atoms with Crippen LogP contribution in [-0.4, -0.2) is 4.98 Å². The molecular weight excluding hydrogens is 227 g/mol. The van der Waals surface area contributed by atoms with Crippen LogP contribution in [0.4, 0.5) is 10.2 Å². The zero-order valence-electron chi connectivity index (χ0n) is 8.67. The first-order valence-electron chi connectivity index (χ1n) is 4.76. The minimum Gasteiger partial charge on any atom is -0.384 e. The molecule has 2 nitrogen and oxygen atoms in total. The minimum absolute atomic E-state index is 0.322. The van der Waals surface area contributed by atoms with E-state index in [1.807, 2.05) is 0 Å². The van der Waals surface area contributed by atoms with E-state index in [1.165, 1.54) is 6.07 Å². The van der Waals surface area contributed by atoms with Crippen molar-refractivity contribution in [3.05, 3.63) is 46.7 Å². The van der Waals surface area contributed by atoms with Crippen molar-refractivity contribution in [3.63, 3.8) is 0 Å². The molecule has 0 bridgehead atoms. The Labute approximate surface area is 97.9 Å². The quantitative estimate of drug-likeness (QED) is 0.824. The van der Waals surface area contributed by atoms with Gasteiger partial charge in [0.05, 0.1) is 10.7 Å². The largest absolute Gasteiger partial charge is 0.384 e. The predicted octanol–water partition coefficient (Wildman–Crippen LogP) is 3.43. The second-order valence-corrected chi connectivity index (χ2v) is 3.94. The third-order valence-corrected chi connectivity index (χ3v) is 2.61. The molecule has 0 saturated carbocycles. The Hall–Kier alpha value is -1.61. The lowest BCUT2D eigenvalue weighted by Gasteiger charge is -2.06. The van der Waals surface area contributed by atoms with E-state index in [9.17, 15) is 4.39 Å². The highest BCUT2D eigenvalue weighted by Crippen LogP contribution is 2.29. The molecule has 4 heteroatoms. The lowest BCUT2D eigenvalue weighted by Crippen LogP contribution is -1.93. The summed E-state index contributed by atoms with van der Waals surface area (Å²) in [6.45, 7) is 1.68. The third kappa shape index (κ3) is 1.99. The summed E-state index contributed by atoms with van der Waals surface area (Å²) in [5.41, 5.74) is 7.45. The van der Waals surface area contributed by atoms with Gasteiger partial charge < -0.3 is 5.73 Å². The number of halogens is 2. The Balaban J connectivity index is 2.60. The summed E-state index contributed by atoms with van der Waals surface area (Å²) in [4.78, 5) is 4.15. The smallest absolute Gasteiger partial charge is 0.127 e. The fourth-order valence-electron chi connectivity index (χ4n) is 1.46. The number of benzene rings is 1. The molecule has 16 heavy (non-hydrogen) atoms. The van der Waals surface area contributed by atoms with E-state index in [0.717, 1.165) is 0 Å². The van der Waals surface area contributed by atoms with Gasteiger partial charge in [-0.1, -0.05) is 17.7 Å². The van der Waals surface area contributed by atoms with Crippen LogP contribution in [0, 0.1) is 12.7 Å². The number of rotatable bonds is 1. The van der Waals surface area contributed by atoms with Crippen LogP contribution in [0.15, 0.2) is 30.3 Å². The summed E-state index contributed by atoms with van der Waals surface area (Å²) >= 11 is 5.97. The molecule has 0 radical (unpaired) electrons. The Kier molecular flexibility index (Phi) is 2.79. The Morgan fingerprint density at radius 2 is 2.06 bits per heavy atom. The maximum absolute atomic E-state index is 13.2. The molecule has 2 aromatic rings. The monoisotopic (exact) mass is 236 g/mol. The Morgan fingerprint density at radius 1 is 1.31 bits per heavy atom. The number of nitrogens with two attached hydrogens (primary N) is 1. The van der Waals surface area contributed by atoms with Gasteiger partial charge in [-0.05, 0) is 36.8 Å². The minimum atomic E-state index is -0.322. The molecule has 0 aliphatic heterocycles. The lowest BCUT2D eigenvalue weighted by atomic mass is 10.1. The van der Waals surface area contributed by atoms with E-state index in [-0.39, 0.29) is 5.82 Å². The third-order valence-electron chi connectivity index (χ3n) is 2.29. The summed E-state index contributed by atoms with van der Waals surface area (Å²) in [5, 5.41) is 0.334. The van der Waals surface area contributed by atoms with E-state index in [1.54, 1.807) is 31.2 Å². The van der Waals surface area contributed by atoms with Crippen LogP contribution in [0.3, 0.4) is 0 Å². The molecule has 1 heterocycles. The number of aromatic nitrogens is 1. The van der Waals surface area contributed by atoms with Crippen molar-refractivity contribution < 1.29 is 4.39 Å². The average Bonchev–Trinajstić information content (AvgIpc) is 2.23. The van der Waals surface area contributed by atoms with Gasteiger partial charge in [0.1, 0.15) is 11.6 Å². The highest BCUT2D eigenvalue weighted by atomic mass is 35.5. The van der Waals surface area contributed by atoms with Crippen LogP contribution in [0.2, 0.25) is 5.02 Å². The van der Waals surface area contributed by atoms with E-state index < -0.39 is 0 Å². The number of nitrogens with zero attached hydrogens (tertiary/aromatic N) is 1. The first-order chi connectivity index (χ1) is 7.58. The van der Waals surface area contributed by atoms with E-state index in [2.05, 4.69) is 4.98 Å². The average molecular weight is 237 g/mol. The molecule has 0 aliphatic carbocycles. The normalized spacial score (nSPS) is 10.4. The van der Waals surface area contributed by atoms with Gasteiger partial charge in [-0.2, -0.15) is 0 Å². The van der Waals surface area contributed by atoms with E-state index in [4.69, 9.17) is 17.3 Å². The van der Waals surface area contributed by atoms with Crippen LogP contribution >= 0.6 is 11.6 Å². The molecule has 0 unspecified atom stereocenters. The SMILES string of the molecule is Cc1cc(-c2cccc(N)n2)c(Cl)cc1F. The summed E-state index contributed by atoms with van der Waals surface area (Å²) in [6, 6.07) is 8.21. The Morgan fingerprint density at radius 3 is 2.75 bits per heavy atom. The maximum Gasteiger partial charge on any atom is 0.127 e. The fourth-order valence-corrected chi connectivity index (χ4v) is 1.70. The van der Waals surface area contributed by atoms with Crippen molar-refractivity contribution in [2.75, 3.05) is 5.73 Å². The molecule has 2 rings (SSSR count). The van der Waals surface area contributed by atoms with Crippen LogP contribution < -0.4 is 5.73 Å². The summed E-state index contributed by atoms with van der Waals surface area (Å²) in [6.07, 6.45) is 0. The van der Waals surface area contributed by atoms with Gasteiger partial charge in [0.2, 0.25) is 0 Å². The summed E-state index contributed by atoms with van der Waals surface area (Å²) in [5.74, 6) is 0.0909. The molecule has 0 aliphatic rings. The van der Waals surface area contributed by atoms with Crippen LogP contribution in [0.5, 0.6) is 0 Å². The number of nitrogen functional groups attached to an aromatic ring is 1. The molecule has 1 aromatic heterocycles. The van der Waals surface area contributed by atoms with Gasteiger partial charge in [0, 0.05) is 5.56 Å². The van der Waals surface area contributed by atoms with Gasteiger partial charge in [0.15, 0.2) is 0 Å². The number of aryl methyl sites for hydroxylation is 1. The number of hydrogen-bond donors (Lipinski definition) is 1. The molecule has 2 N–H and O–H groups in total. The van der Waals surface area contributed by atoms with Gasteiger partial charge in [-0.25, -0.2) is 9.37 Å². The standard InChI is InChI=1S/C12H10ClFN2/c1-7-5-8(9(13)6-10(7)14)11-3-2-4-12(15)16-11/h2-6H,1H3,(H2,15,16). The second-order valence-electron chi connectivity index (χ2n) is 3.53. The lowest BCUT2D eigenvalue weighted by molar-refractivity contribution is 0.619. The molecule has 0 amide bonds. The second kappa shape index (κ2) is 4.10. The zero-order valence-corrected chi connectivity index (χ0v) is 9.42. The fraction of sp³-hybridized carbons (Fsp3) is 0.0833. The molecule has 0 spiro atoms. The van der Waals surface area contributed by atoms with E-state index >= 15 is 0 Å². The summed E-state index contributed by atoms with van der Waals surface area (Å²) in [7, 11) is 0. The van der Waals surface area contributed by atoms with Crippen molar-refractivity contribution in [3.8, 4) is 11.3 Å². The molecule has 0 fully saturated rings. The van der Waals surface area contributed by atoms with Crippen molar-refractivity contribution in [1.82, 2.24) is 4.98 Å². The number of pyridine rings is 1. The van der Waals surface area contributed by atoms with Crippen LogP contribution in [-0.2, 0) is 0 Å². The number of anilines is 1.